The van der Waals surface area contributed by atoms with Gasteiger partial charge in [-0.2, -0.15) is 0 Å². The Kier molecular flexibility index (Phi) is 7.96. The average Bonchev–Trinajstić information content (AvgIpc) is 3.91. The third-order valence-corrected chi connectivity index (χ3v) is 9.56. The molecule has 0 N–H and O–H groups in total. The summed E-state index contributed by atoms with van der Waals surface area (Å²) in [5, 5.41) is 0. The summed E-state index contributed by atoms with van der Waals surface area (Å²) in [6.45, 7) is 10.6. The van der Waals surface area contributed by atoms with Gasteiger partial charge in [0.05, 0.1) is 25.9 Å². The van der Waals surface area contributed by atoms with Crippen molar-refractivity contribution in [1.82, 2.24) is 0 Å². The summed E-state index contributed by atoms with van der Waals surface area (Å²) in [5.74, 6) is 1.73. The van der Waals surface area contributed by atoms with Crippen LogP contribution in [0.15, 0.2) is 97.1 Å². The lowest BCUT2D eigenvalue weighted by Gasteiger charge is -2.33. The molecule has 7 rings (SSSR count). The number of epoxide rings is 3. The Hall–Kier alpha value is -3.64. The van der Waals surface area contributed by atoms with Crippen LogP contribution in [0.3, 0.4) is 0 Å². The summed E-state index contributed by atoms with van der Waals surface area (Å²) in [6, 6.07) is 35.4. The maximum absolute atomic E-state index is 5.95. The molecule has 5 nitrogen and oxygen atoms in total. The Morgan fingerprint density at radius 1 is 0.523 bits per heavy atom. The molecule has 3 saturated heterocycles. The van der Waals surface area contributed by atoms with Crippen molar-refractivity contribution in [1.29, 1.82) is 0 Å². The number of ether oxygens (including phenoxy) is 5. The molecule has 3 unspecified atom stereocenters. The molecule has 3 atom stereocenters. The summed E-state index contributed by atoms with van der Waals surface area (Å²) in [6.07, 6.45) is 3.12. The molecule has 4 aromatic rings. The molecule has 0 radical (unpaired) electrons. The molecule has 3 aliphatic rings. The molecule has 0 aliphatic carbocycles. The smallest absolute Gasteiger partial charge is 0.119 e. The summed E-state index contributed by atoms with van der Waals surface area (Å²) in [5.41, 5.74) is 7.11. The standard InChI is InChI=1S/C39H42O5/c1-38(2,28-7-4-27(5-8-28)6-17-35-22-42-35)29-9-11-30(12-10-29)39(3,31-13-18-33(19-14-31)40-23-36-25-43-36)32-15-20-34(21-16-32)41-24-37-26-44-37/h4-5,7-16,18-21,35-37H,6,17,22-26H2,1-3H3. The number of benzene rings is 4. The average molecular weight is 591 g/mol. The van der Waals surface area contributed by atoms with Crippen molar-refractivity contribution in [3.8, 4) is 11.5 Å². The largest absolute Gasteiger partial charge is 0.491 e. The molecule has 0 aromatic heterocycles. The van der Waals surface area contributed by atoms with E-state index in [0.717, 1.165) is 44.2 Å². The molecule has 0 bridgehead atoms. The Bertz CT molecular complexity index is 1470. The summed E-state index contributed by atoms with van der Waals surface area (Å²) < 4.78 is 27.9. The molecule has 3 fully saturated rings. The van der Waals surface area contributed by atoms with Crippen molar-refractivity contribution >= 4 is 0 Å². The lowest BCUT2D eigenvalue weighted by molar-refractivity contribution is 0.263. The molecule has 0 amide bonds. The van der Waals surface area contributed by atoms with E-state index in [1.165, 1.54) is 33.4 Å². The van der Waals surface area contributed by atoms with Crippen LogP contribution in [0.4, 0.5) is 0 Å². The van der Waals surface area contributed by atoms with E-state index in [1.54, 1.807) is 0 Å². The van der Waals surface area contributed by atoms with Crippen LogP contribution in [0.5, 0.6) is 11.5 Å². The first-order valence-electron chi connectivity index (χ1n) is 15.9. The Labute approximate surface area is 261 Å². The highest BCUT2D eigenvalue weighted by molar-refractivity contribution is 5.52. The monoisotopic (exact) mass is 590 g/mol. The second-order valence-corrected chi connectivity index (χ2v) is 13.1. The van der Waals surface area contributed by atoms with Gasteiger partial charge >= 0.3 is 0 Å². The van der Waals surface area contributed by atoms with Crippen LogP contribution in [0, 0.1) is 0 Å². The van der Waals surface area contributed by atoms with Crippen molar-refractivity contribution < 1.29 is 23.7 Å². The zero-order valence-corrected chi connectivity index (χ0v) is 26.0. The Morgan fingerprint density at radius 2 is 0.886 bits per heavy atom. The highest BCUT2D eigenvalue weighted by Gasteiger charge is 2.33. The van der Waals surface area contributed by atoms with Gasteiger partial charge in [0.1, 0.15) is 36.9 Å². The molecule has 228 valence electrons. The molecule has 3 aliphatic heterocycles. The number of aryl methyl sites for hydroxylation is 1. The third-order valence-electron chi connectivity index (χ3n) is 9.56. The van der Waals surface area contributed by atoms with Gasteiger partial charge < -0.3 is 23.7 Å². The number of hydrogen-bond donors (Lipinski definition) is 0. The van der Waals surface area contributed by atoms with Crippen LogP contribution in [-0.2, 0) is 31.5 Å². The van der Waals surface area contributed by atoms with Crippen LogP contribution in [-0.4, -0.2) is 51.3 Å². The Balaban J connectivity index is 1.15. The van der Waals surface area contributed by atoms with Crippen LogP contribution in [0.1, 0.15) is 60.6 Å². The fourth-order valence-electron chi connectivity index (χ4n) is 6.01. The zero-order valence-electron chi connectivity index (χ0n) is 26.0. The highest BCUT2D eigenvalue weighted by atomic mass is 16.6. The Morgan fingerprint density at radius 3 is 1.30 bits per heavy atom. The second-order valence-electron chi connectivity index (χ2n) is 13.1. The van der Waals surface area contributed by atoms with Crippen molar-refractivity contribution in [3.63, 3.8) is 0 Å². The van der Waals surface area contributed by atoms with E-state index < -0.39 is 0 Å². The fraction of sp³-hybridized carbons (Fsp3) is 0.385. The highest BCUT2D eigenvalue weighted by Crippen LogP contribution is 2.41. The normalized spacial score (nSPS) is 21.8. The van der Waals surface area contributed by atoms with E-state index in [4.69, 9.17) is 23.7 Å². The minimum Gasteiger partial charge on any atom is -0.491 e. The van der Waals surface area contributed by atoms with E-state index in [0.29, 0.717) is 19.3 Å². The van der Waals surface area contributed by atoms with Crippen molar-refractivity contribution in [2.45, 2.75) is 62.8 Å². The maximum atomic E-state index is 5.95. The molecule has 3 heterocycles. The molecule has 0 spiro atoms. The van der Waals surface area contributed by atoms with Crippen LogP contribution < -0.4 is 9.47 Å². The molecular formula is C39H42O5. The van der Waals surface area contributed by atoms with Gasteiger partial charge in [-0.25, -0.2) is 0 Å². The molecule has 4 aromatic carbocycles. The van der Waals surface area contributed by atoms with Gasteiger partial charge in [0.15, 0.2) is 0 Å². The van der Waals surface area contributed by atoms with E-state index in [1.807, 2.05) is 0 Å². The quantitative estimate of drug-likeness (QED) is 0.114. The first kappa shape index (κ1) is 29.1. The van der Waals surface area contributed by atoms with Crippen LogP contribution in [0.25, 0.3) is 0 Å². The second kappa shape index (κ2) is 12.0. The number of rotatable bonds is 14. The number of hydrogen-bond acceptors (Lipinski definition) is 5. The minimum atomic E-state index is -0.383. The first-order valence-corrected chi connectivity index (χ1v) is 15.9. The first-order chi connectivity index (χ1) is 21.4. The molecule has 0 saturated carbocycles. The van der Waals surface area contributed by atoms with Gasteiger partial charge in [0.2, 0.25) is 0 Å². The molecule has 5 heteroatoms. The fourth-order valence-corrected chi connectivity index (χ4v) is 6.01. The van der Waals surface area contributed by atoms with Crippen LogP contribution in [0.2, 0.25) is 0 Å². The summed E-state index contributed by atoms with van der Waals surface area (Å²) in [4.78, 5) is 0. The summed E-state index contributed by atoms with van der Waals surface area (Å²) >= 11 is 0. The van der Waals surface area contributed by atoms with Gasteiger partial charge in [-0.05, 0) is 77.4 Å². The predicted octanol–water partition coefficient (Wildman–Crippen LogP) is 7.25. The topological polar surface area (TPSA) is 56.0 Å². The van der Waals surface area contributed by atoms with Gasteiger partial charge in [-0.15, -0.1) is 0 Å². The van der Waals surface area contributed by atoms with Crippen molar-refractivity contribution in [3.05, 3.63) is 130 Å². The van der Waals surface area contributed by atoms with Crippen molar-refractivity contribution in [2.75, 3.05) is 33.0 Å². The SMILES string of the molecule is CC(C)(c1ccc(CCC2CO2)cc1)c1ccc(C(C)(c2ccc(OCC3CO3)cc2)c2ccc(OCC3CO3)cc2)cc1. The minimum absolute atomic E-state index is 0.123. The van der Waals surface area contributed by atoms with Gasteiger partial charge in [0.25, 0.3) is 0 Å². The lowest BCUT2D eigenvalue weighted by Crippen LogP contribution is -2.26. The lowest BCUT2D eigenvalue weighted by atomic mass is 9.70. The van der Waals surface area contributed by atoms with Gasteiger partial charge in [-0.3, -0.25) is 0 Å². The van der Waals surface area contributed by atoms with E-state index in [9.17, 15) is 0 Å². The van der Waals surface area contributed by atoms with Crippen LogP contribution >= 0.6 is 0 Å². The molecule has 44 heavy (non-hydrogen) atoms. The van der Waals surface area contributed by atoms with E-state index >= 15 is 0 Å². The predicted molar refractivity (Wildman–Crippen MR) is 172 cm³/mol. The van der Waals surface area contributed by atoms with Gasteiger partial charge in [-0.1, -0.05) is 86.6 Å². The van der Waals surface area contributed by atoms with Gasteiger partial charge in [0, 0.05) is 10.8 Å². The van der Waals surface area contributed by atoms with E-state index in [-0.39, 0.29) is 23.0 Å². The van der Waals surface area contributed by atoms with Crippen molar-refractivity contribution in [2.24, 2.45) is 0 Å². The summed E-state index contributed by atoms with van der Waals surface area (Å²) in [7, 11) is 0. The zero-order chi connectivity index (χ0) is 30.1. The maximum Gasteiger partial charge on any atom is 0.119 e. The van der Waals surface area contributed by atoms with E-state index in [2.05, 4.69) is 118 Å². The molecular weight excluding hydrogens is 548 g/mol. The third kappa shape index (κ3) is 6.56.